The van der Waals surface area contributed by atoms with Crippen LogP contribution in [-0.2, 0) is 0 Å². The van der Waals surface area contributed by atoms with Crippen LogP contribution in [0, 0.1) is 0 Å². The molecule has 190 valence electrons. The predicted molar refractivity (Wildman–Crippen MR) is 147 cm³/mol. The quantitative estimate of drug-likeness (QED) is 0.271. The third-order valence-corrected chi connectivity index (χ3v) is 7.72. The SMILES string of the molecule is CCCCN1C(=O)c2ccc3c4c(c(-c5cccc6ccccc56)cc(c24)C1=O)C(=O)N(CCCC)C3=O. The Bertz CT molecular complexity index is 1680. The summed E-state index contributed by atoms with van der Waals surface area (Å²) in [5.41, 5.74) is 2.90. The molecule has 0 saturated carbocycles. The van der Waals surface area contributed by atoms with E-state index in [9.17, 15) is 19.2 Å². The Morgan fingerprint density at radius 3 is 1.82 bits per heavy atom. The smallest absolute Gasteiger partial charge is 0.262 e. The largest absolute Gasteiger partial charge is 0.274 e. The third kappa shape index (κ3) is 3.40. The summed E-state index contributed by atoms with van der Waals surface area (Å²) in [7, 11) is 0. The third-order valence-electron chi connectivity index (χ3n) is 7.72. The van der Waals surface area contributed by atoms with Crippen molar-refractivity contribution in [3.63, 3.8) is 0 Å². The van der Waals surface area contributed by atoms with Gasteiger partial charge in [-0.15, -0.1) is 0 Å². The lowest BCUT2D eigenvalue weighted by molar-refractivity contribution is 0.0587. The standard InChI is InChI=1S/C32H28N2O4/c1-3-5-16-33-29(35)22-14-15-23-27-26(22)25(31(33)37)18-24(21-13-9-11-19-10-7-8-12-20(19)21)28(27)32(38)34(30(23)36)17-6-4-2/h7-15,18H,3-6,16-17H2,1-2H3. The van der Waals surface area contributed by atoms with E-state index in [0.717, 1.165) is 29.2 Å². The molecule has 2 aliphatic heterocycles. The molecule has 2 heterocycles. The normalized spacial score (nSPS) is 14.8. The fourth-order valence-electron chi connectivity index (χ4n) is 5.78. The number of rotatable bonds is 7. The van der Waals surface area contributed by atoms with Gasteiger partial charge in [0.1, 0.15) is 0 Å². The number of hydrogen-bond acceptors (Lipinski definition) is 4. The number of unbranched alkanes of at least 4 members (excludes halogenated alkanes) is 2. The second-order valence-corrected chi connectivity index (χ2v) is 10.0. The molecule has 4 amide bonds. The van der Waals surface area contributed by atoms with Crippen LogP contribution in [0.25, 0.3) is 32.7 Å². The molecular weight excluding hydrogens is 476 g/mol. The summed E-state index contributed by atoms with van der Waals surface area (Å²) in [6.45, 7) is 4.67. The maximum absolute atomic E-state index is 14.1. The highest BCUT2D eigenvalue weighted by atomic mass is 16.2. The number of carbonyl (C=O) groups excluding carboxylic acids is 4. The zero-order valence-corrected chi connectivity index (χ0v) is 21.5. The summed E-state index contributed by atoms with van der Waals surface area (Å²) in [5, 5.41) is 2.79. The van der Waals surface area contributed by atoms with E-state index in [-0.39, 0.29) is 23.6 Å². The molecule has 0 aromatic heterocycles. The topological polar surface area (TPSA) is 74.8 Å². The van der Waals surface area contributed by atoms with Crippen LogP contribution in [0.15, 0.2) is 60.7 Å². The Morgan fingerprint density at radius 1 is 0.553 bits per heavy atom. The molecule has 4 aromatic carbocycles. The summed E-state index contributed by atoms with van der Waals surface area (Å²) in [5.74, 6) is -1.51. The Hall–Kier alpha value is -4.32. The Kier molecular flexibility index (Phi) is 5.83. The van der Waals surface area contributed by atoms with Crippen LogP contribution in [-0.4, -0.2) is 46.5 Å². The maximum Gasteiger partial charge on any atom is 0.262 e. The summed E-state index contributed by atoms with van der Waals surface area (Å²) in [4.78, 5) is 57.6. The van der Waals surface area contributed by atoms with Gasteiger partial charge in [-0.2, -0.15) is 0 Å². The lowest BCUT2D eigenvalue weighted by Crippen LogP contribution is -2.44. The summed E-state index contributed by atoms with van der Waals surface area (Å²) in [6.07, 6.45) is 3.07. The van der Waals surface area contributed by atoms with E-state index in [4.69, 9.17) is 0 Å². The van der Waals surface area contributed by atoms with Crippen LogP contribution in [0.1, 0.15) is 81.0 Å². The minimum atomic E-state index is -0.380. The maximum atomic E-state index is 14.1. The van der Waals surface area contributed by atoms with E-state index >= 15 is 0 Å². The Morgan fingerprint density at radius 2 is 1.13 bits per heavy atom. The molecule has 0 saturated heterocycles. The lowest BCUT2D eigenvalue weighted by atomic mass is 9.81. The molecule has 6 heteroatoms. The first kappa shape index (κ1) is 24.0. The van der Waals surface area contributed by atoms with Gasteiger partial charge in [-0.05, 0) is 52.9 Å². The van der Waals surface area contributed by atoms with Crippen molar-refractivity contribution in [2.75, 3.05) is 13.1 Å². The van der Waals surface area contributed by atoms with Crippen LogP contribution in [0.5, 0.6) is 0 Å². The number of carbonyl (C=O) groups is 4. The Labute approximate surface area is 220 Å². The number of fused-ring (bicyclic) bond motifs is 1. The number of hydrogen-bond donors (Lipinski definition) is 0. The molecule has 0 fully saturated rings. The van der Waals surface area contributed by atoms with Crippen molar-refractivity contribution in [1.82, 2.24) is 9.80 Å². The zero-order chi connectivity index (χ0) is 26.6. The van der Waals surface area contributed by atoms with Crippen LogP contribution < -0.4 is 0 Å². The lowest BCUT2D eigenvalue weighted by Gasteiger charge is -2.33. The van der Waals surface area contributed by atoms with Gasteiger partial charge in [0.05, 0.1) is 5.56 Å². The highest BCUT2D eigenvalue weighted by Gasteiger charge is 2.41. The molecule has 0 atom stereocenters. The summed E-state index contributed by atoms with van der Waals surface area (Å²) >= 11 is 0. The van der Waals surface area contributed by atoms with Crippen molar-refractivity contribution in [2.24, 2.45) is 0 Å². The van der Waals surface area contributed by atoms with Crippen LogP contribution >= 0.6 is 0 Å². The van der Waals surface area contributed by atoms with Gasteiger partial charge in [-0.3, -0.25) is 29.0 Å². The predicted octanol–water partition coefficient (Wildman–Crippen LogP) is 6.45. The zero-order valence-electron chi connectivity index (χ0n) is 21.5. The van der Waals surface area contributed by atoms with Crippen molar-refractivity contribution < 1.29 is 19.2 Å². The van der Waals surface area contributed by atoms with E-state index in [1.54, 1.807) is 18.2 Å². The second kappa shape index (κ2) is 9.21. The molecule has 0 aliphatic carbocycles. The fraction of sp³-hybridized carbons (Fsp3) is 0.250. The Balaban J connectivity index is 1.72. The molecule has 0 unspecified atom stereocenters. The fourth-order valence-corrected chi connectivity index (χ4v) is 5.78. The number of amides is 4. The van der Waals surface area contributed by atoms with E-state index < -0.39 is 0 Å². The number of benzene rings is 4. The van der Waals surface area contributed by atoms with E-state index in [1.165, 1.54) is 9.80 Å². The molecule has 38 heavy (non-hydrogen) atoms. The van der Waals surface area contributed by atoms with Crippen molar-refractivity contribution >= 4 is 45.2 Å². The van der Waals surface area contributed by atoms with Crippen LogP contribution in [0.2, 0.25) is 0 Å². The molecule has 0 N–H and O–H groups in total. The van der Waals surface area contributed by atoms with Gasteiger partial charge in [-0.25, -0.2) is 0 Å². The molecular formula is C32H28N2O4. The molecule has 4 aromatic rings. The van der Waals surface area contributed by atoms with Crippen molar-refractivity contribution in [3.8, 4) is 11.1 Å². The molecule has 0 bridgehead atoms. The molecule has 0 spiro atoms. The van der Waals surface area contributed by atoms with Gasteiger partial charge < -0.3 is 0 Å². The van der Waals surface area contributed by atoms with Gasteiger partial charge in [0.25, 0.3) is 23.6 Å². The first-order chi connectivity index (χ1) is 18.5. The van der Waals surface area contributed by atoms with Crippen molar-refractivity contribution in [1.29, 1.82) is 0 Å². The van der Waals surface area contributed by atoms with Gasteiger partial charge in [0, 0.05) is 40.6 Å². The number of nitrogens with zero attached hydrogens (tertiary/aromatic N) is 2. The molecule has 2 aliphatic rings. The van der Waals surface area contributed by atoms with E-state index in [2.05, 4.69) is 0 Å². The van der Waals surface area contributed by atoms with Gasteiger partial charge in [-0.1, -0.05) is 69.2 Å². The highest BCUT2D eigenvalue weighted by molar-refractivity contribution is 6.35. The van der Waals surface area contributed by atoms with E-state index in [0.29, 0.717) is 64.5 Å². The summed E-state index contributed by atoms with van der Waals surface area (Å²) in [6, 6.07) is 18.9. The molecule has 6 nitrogen and oxygen atoms in total. The van der Waals surface area contributed by atoms with E-state index in [1.807, 2.05) is 56.3 Å². The van der Waals surface area contributed by atoms with Crippen LogP contribution in [0.4, 0.5) is 0 Å². The van der Waals surface area contributed by atoms with Gasteiger partial charge in [0.15, 0.2) is 0 Å². The van der Waals surface area contributed by atoms with Crippen molar-refractivity contribution in [2.45, 2.75) is 39.5 Å². The van der Waals surface area contributed by atoms with Crippen LogP contribution in [0.3, 0.4) is 0 Å². The summed E-state index contributed by atoms with van der Waals surface area (Å²) < 4.78 is 0. The monoisotopic (exact) mass is 504 g/mol. The highest BCUT2D eigenvalue weighted by Crippen LogP contribution is 2.44. The minimum absolute atomic E-state index is 0.316. The molecule has 6 rings (SSSR count). The van der Waals surface area contributed by atoms with Gasteiger partial charge in [0.2, 0.25) is 0 Å². The average molecular weight is 505 g/mol. The van der Waals surface area contributed by atoms with Crippen molar-refractivity contribution in [3.05, 3.63) is 82.9 Å². The second-order valence-electron chi connectivity index (χ2n) is 10.0. The van der Waals surface area contributed by atoms with Gasteiger partial charge >= 0.3 is 0 Å². The first-order valence-corrected chi connectivity index (χ1v) is 13.3. The number of imide groups is 2. The minimum Gasteiger partial charge on any atom is -0.274 e. The molecule has 0 radical (unpaired) electrons. The first-order valence-electron chi connectivity index (χ1n) is 13.3. The average Bonchev–Trinajstić information content (AvgIpc) is 2.94.